The van der Waals surface area contributed by atoms with E-state index in [9.17, 15) is 0 Å². The standard InChI is InChI=1S/C10H22O2/c1-9(2)5-4-6-10(12-3)7-8-11/h9-11H,4-8H2,1-3H3. The summed E-state index contributed by atoms with van der Waals surface area (Å²) in [6.45, 7) is 4.70. The van der Waals surface area contributed by atoms with Gasteiger partial charge in [0.15, 0.2) is 0 Å². The van der Waals surface area contributed by atoms with E-state index in [2.05, 4.69) is 13.8 Å². The minimum Gasteiger partial charge on any atom is -0.396 e. The highest BCUT2D eigenvalue weighted by molar-refractivity contribution is 4.58. The van der Waals surface area contributed by atoms with Crippen molar-refractivity contribution in [3.63, 3.8) is 0 Å². The highest BCUT2D eigenvalue weighted by Gasteiger charge is 2.06. The summed E-state index contributed by atoms with van der Waals surface area (Å²) in [7, 11) is 1.72. The highest BCUT2D eigenvalue weighted by atomic mass is 16.5. The molecule has 0 aromatic rings. The predicted molar refractivity (Wildman–Crippen MR) is 51.2 cm³/mol. The van der Waals surface area contributed by atoms with Crippen LogP contribution in [0.4, 0.5) is 0 Å². The van der Waals surface area contributed by atoms with Crippen LogP contribution in [0.25, 0.3) is 0 Å². The molecule has 2 heteroatoms. The molecule has 0 aliphatic rings. The SMILES string of the molecule is COC(CCO)CCCC(C)C. The Morgan fingerprint density at radius 3 is 2.25 bits per heavy atom. The van der Waals surface area contributed by atoms with E-state index in [0.29, 0.717) is 0 Å². The molecule has 0 bridgehead atoms. The summed E-state index contributed by atoms with van der Waals surface area (Å²) in [6.07, 6.45) is 4.57. The highest BCUT2D eigenvalue weighted by Crippen LogP contribution is 2.11. The summed E-state index contributed by atoms with van der Waals surface area (Å²) < 4.78 is 5.21. The van der Waals surface area contributed by atoms with Crippen LogP contribution in [0.3, 0.4) is 0 Å². The molecule has 0 aromatic carbocycles. The van der Waals surface area contributed by atoms with Crippen molar-refractivity contribution in [3.8, 4) is 0 Å². The van der Waals surface area contributed by atoms with Crippen LogP contribution in [0.5, 0.6) is 0 Å². The largest absolute Gasteiger partial charge is 0.396 e. The lowest BCUT2D eigenvalue weighted by molar-refractivity contribution is 0.0685. The van der Waals surface area contributed by atoms with Gasteiger partial charge in [-0.1, -0.05) is 26.7 Å². The number of aliphatic hydroxyl groups is 1. The lowest BCUT2D eigenvalue weighted by atomic mass is 10.0. The van der Waals surface area contributed by atoms with Gasteiger partial charge in [0, 0.05) is 13.7 Å². The van der Waals surface area contributed by atoms with Crippen molar-refractivity contribution < 1.29 is 9.84 Å². The summed E-state index contributed by atoms with van der Waals surface area (Å²) >= 11 is 0. The van der Waals surface area contributed by atoms with Gasteiger partial charge in [0.1, 0.15) is 0 Å². The second kappa shape index (κ2) is 7.56. The second-order valence-electron chi connectivity index (χ2n) is 3.69. The first-order valence-corrected chi connectivity index (χ1v) is 4.84. The van der Waals surface area contributed by atoms with Crippen molar-refractivity contribution in [2.75, 3.05) is 13.7 Å². The Hall–Kier alpha value is -0.0800. The minimum atomic E-state index is 0.236. The van der Waals surface area contributed by atoms with E-state index in [1.54, 1.807) is 7.11 Å². The van der Waals surface area contributed by atoms with Gasteiger partial charge in [0.2, 0.25) is 0 Å². The summed E-state index contributed by atoms with van der Waals surface area (Å²) in [5.74, 6) is 0.775. The Morgan fingerprint density at radius 2 is 1.83 bits per heavy atom. The van der Waals surface area contributed by atoms with Gasteiger partial charge in [0.05, 0.1) is 6.10 Å². The summed E-state index contributed by atoms with van der Waals surface area (Å²) in [5, 5.41) is 8.70. The lowest BCUT2D eigenvalue weighted by Gasteiger charge is -2.14. The molecule has 0 rings (SSSR count). The van der Waals surface area contributed by atoms with Gasteiger partial charge in [-0.15, -0.1) is 0 Å². The predicted octanol–water partition coefficient (Wildman–Crippen LogP) is 2.21. The Morgan fingerprint density at radius 1 is 1.17 bits per heavy atom. The van der Waals surface area contributed by atoms with Crippen LogP contribution in [-0.4, -0.2) is 24.9 Å². The van der Waals surface area contributed by atoms with E-state index in [1.165, 1.54) is 12.8 Å². The molecule has 0 fully saturated rings. The first-order valence-electron chi connectivity index (χ1n) is 4.84. The number of ether oxygens (including phenoxy) is 1. The van der Waals surface area contributed by atoms with E-state index >= 15 is 0 Å². The fraction of sp³-hybridized carbons (Fsp3) is 1.00. The smallest absolute Gasteiger partial charge is 0.0593 e. The number of hydrogen-bond donors (Lipinski definition) is 1. The molecule has 0 heterocycles. The van der Waals surface area contributed by atoms with Crippen molar-refractivity contribution in [2.24, 2.45) is 5.92 Å². The summed E-state index contributed by atoms with van der Waals surface area (Å²) in [6, 6.07) is 0. The van der Waals surface area contributed by atoms with E-state index in [0.717, 1.165) is 18.8 Å². The second-order valence-corrected chi connectivity index (χ2v) is 3.69. The fourth-order valence-electron chi connectivity index (χ4n) is 1.28. The molecule has 1 unspecified atom stereocenters. The van der Waals surface area contributed by atoms with Gasteiger partial charge in [-0.25, -0.2) is 0 Å². The zero-order valence-electron chi connectivity index (χ0n) is 8.55. The van der Waals surface area contributed by atoms with Gasteiger partial charge >= 0.3 is 0 Å². The van der Waals surface area contributed by atoms with Gasteiger partial charge < -0.3 is 9.84 Å². The molecule has 1 N–H and O–H groups in total. The van der Waals surface area contributed by atoms with E-state index < -0.39 is 0 Å². The number of aliphatic hydroxyl groups excluding tert-OH is 1. The molecular formula is C10H22O2. The van der Waals surface area contributed by atoms with E-state index in [1.807, 2.05) is 0 Å². The zero-order chi connectivity index (χ0) is 9.40. The molecule has 0 aromatic heterocycles. The van der Waals surface area contributed by atoms with Crippen LogP contribution >= 0.6 is 0 Å². The molecule has 12 heavy (non-hydrogen) atoms. The van der Waals surface area contributed by atoms with Crippen molar-refractivity contribution in [3.05, 3.63) is 0 Å². The third-order valence-corrected chi connectivity index (χ3v) is 2.09. The molecule has 0 saturated heterocycles. The summed E-state index contributed by atoms with van der Waals surface area (Å²) in [4.78, 5) is 0. The first-order chi connectivity index (χ1) is 5.70. The molecule has 0 aliphatic carbocycles. The molecule has 1 atom stereocenters. The van der Waals surface area contributed by atoms with Crippen LogP contribution < -0.4 is 0 Å². The molecule has 2 nitrogen and oxygen atoms in total. The molecule has 74 valence electrons. The van der Waals surface area contributed by atoms with Crippen LogP contribution in [-0.2, 0) is 4.74 Å². The topological polar surface area (TPSA) is 29.5 Å². The maximum Gasteiger partial charge on any atom is 0.0593 e. The quantitative estimate of drug-likeness (QED) is 0.641. The van der Waals surface area contributed by atoms with Gasteiger partial charge in [-0.05, 0) is 18.8 Å². The Kier molecular flexibility index (Phi) is 7.51. The van der Waals surface area contributed by atoms with Crippen molar-refractivity contribution >= 4 is 0 Å². The molecule has 0 aliphatic heterocycles. The van der Waals surface area contributed by atoms with Crippen molar-refractivity contribution in [2.45, 2.75) is 45.6 Å². The van der Waals surface area contributed by atoms with Crippen LogP contribution in [0.2, 0.25) is 0 Å². The van der Waals surface area contributed by atoms with Crippen molar-refractivity contribution in [1.82, 2.24) is 0 Å². The van der Waals surface area contributed by atoms with Crippen LogP contribution in [0.15, 0.2) is 0 Å². The maximum absolute atomic E-state index is 8.70. The van der Waals surface area contributed by atoms with E-state index in [-0.39, 0.29) is 12.7 Å². The van der Waals surface area contributed by atoms with Gasteiger partial charge in [0.25, 0.3) is 0 Å². The Labute approximate surface area is 75.9 Å². The number of rotatable bonds is 7. The fourth-order valence-corrected chi connectivity index (χ4v) is 1.28. The van der Waals surface area contributed by atoms with Gasteiger partial charge in [-0.3, -0.25) is 0 Å². The normalized spacial score (nSPS) is 13.8. The molecule has 0 radical (unpaired) electrons. The molecule has 0 saturated carbocycles. The Balaban J connectivity index is 3.31. The maximum atomic E-state index is 8.70. The first kappa shape index (κ1) is 11.9. The summed E-state index contributed by atoms with van der Waals surface area (Å²) in [5.41, 5.74) is 0. The third kappa shape index (κ3) is 6.62. The third-order valence-electron chi connectivity index (χ3n) is 2.09. The zero-order valence-corrected chi connectivity index (χ0v) is 8.55. The average molecular weight is 174 g/mol. The minimum absolute atomic E-state index is 0.236. The van der Waals surface area contributed by atoms with E-state index in [4.69, 9.17) is 9.84 Å². The molecule has 0 spiro atoms. The monoisotopic (exact) mass is 174 g/mol. The molecule has 0 amide bonds. The molecular weight excluding hydrogens is 152 g/mol. The van der Waals surface area contributed by atoms with Crippen LogP contribution in [0, 0.1) is 5.92 Å². The average Bonchev–Trinajstić information content (AvgIpc) is 2.02. The Bertz CT molecular complexity index is 91.8. The number of methoxy groups -OCH3 is 1. The number of hydrogen-bond acceptors (Lipinski definition) is 2. The van der Waals surface area contributed by atoms with Crippen molar-refractivity contribution in [1.29, 1.82) is 0 Å². The lowest BCUT2D eigenvalue weighted by Crippen LogP contribution is -2.12. The van der Waals surface area contributed by atoms with Gasteiger partial charge in [-0.2, -0.15) is 0 Å². The van der Waals surface area contributed by atoms with Crippen LogP contribution in [0.1, 0.15) is 39.5 Å².